The molecule has 0 fully saturated rings. The lowest BCUT2D eigenvalue weighted by atomic mass is 10.1. The summed E-state index contributed by atoms with van der Waals surface area (Å²) >= 11 is 0. The van der Waals surface area contributed by atoms with Crippen LogP contribution < -0.4 is 20.2 Å². The minimum absolute atomic E-state index is 0.0310. The lowest BCUT2D eigenvalue weighted by Crippen LogP contribution is -2.25. The van der Waals surface area contributed by atoms with E-state index >= 15 is 0 Å². The van der Waals surface area contributed by atoms with Crippen molar-refractivity contribution in [2.24, 2.45) is 0 Å². The summed E-state index contributed by atoms with van der Waals surface area (Å²) in [6, 6.07) is 13.9. The first-order valence-corrected chi connectivity index (χ1v) is 9.05. The Morgan fingerprint density at radius 3 is 2.55 bits per heavy atom. The number of hydrogen-bond acceptors (Lipinski definition) is 6. The van der Waals surface area contributed by atoms with Crippen LogP contribution in [0.1, 0.15) is 16.1 Å². The van der Waals surface area contributed by atoms with Crippen LogP contribution in [0.5, 0.6) is 11.5 Å². The zero-order valence-electron chi connectivity index (χ0n) is 16.0. The molecule has 7 nitrogen and oxygen atoms in total. The van der Waals surface area contributed by atoms with Crippen LogP contribution in [0.4, 0.5) is 0 Å². The first kappa shape index (κ1) is 18.6. The van der Waals surface area contributed by atoms with Gasteiger partial charge in [-0.1, -0.05) is 18.2 Å². The number of ether oxygens (including phenoxy) is 2. The molecule has 2 aromatic carbocycles. The van der Waals surface area contributed by atoms with Gasteiger partial charge in [0, 0.05) is 12.6 Å². The van der Waals surface area contributed by atoms with E-state index in [1.165, 1.54) is 6.07 Å². The van der Waals surface area contributed by atoms with Crippen molar-refractivity contribution in [3.63, 3.8) is 0 Å². The van der Waals surface area contributed by atoms with Crippen LogP contribution in [0.2, 0.25) is 0 Å². The lowest BCUT2D eigenvalue weighted by molar-refractivity contribution is 0.0927. The normalized spacial score (nSPS) is 11.0. The molecule has 0 atom stereocenters. The molecule has 1 amide bonds. The smallest absolute Gasteiger partial charge is 0.302 e. The third kappa shape index (κ3) is 3.54. The van der Waals surface area contributed by atoms with Crippen LogP contribution in [0.25, 0.3) is 22.1 Å². The highest BCUT2D eigenvalue weighted by Crippen LogP contribution is 2.27. The number of rotatable bonds is 6. The monoisotopic (exact) mass is 393 g/mol. The van der Waals surface area contributed by atoms with Crippen LogP contribution in [-0.4, -0.2) is 26.7 Å². The van der Waals surface area contributed by atoms with Gasteiger partial charge in [-0.05, 0) is 36.2 Å². The molecule has 29 heavy (non-hydrogen) atoms. The Morgan fingerprint density at radius 2 is 1.76 bits per heavy atom. The molecular weight excluding hydrogens is 374 g/mol. The first-order chi connectivity index (χ1) is 14.1. The van der Waals surface area contributed by atoms with Crippen LogP contribution in [0, 0.1) is 0 Å². The lowest BCUT2D eigenvalue weighted by Gasteiger charge is -2.09. The SMILES string of the molecule is COc1ccc(CCNC(=O)c2cc3c(=O)c4ccccc4oc3o2)cc1OC. The van der Waals surface area contributed by atoms with E-state index in [4.69, 9.17) is 18.3 Å². The standard InChI is InChI=1S/C22H19NO6/c1-26-17-8-7-13(11-18(17)27-2)9-10-23-21(25)19-12-15-20(24)14-5-3-4-6-16(14)28-22(15)29-19/h3-8,11-12H,9-10H2,1-2H3,(H,23,25). The number of carbonyl (C=O) groups excluding carboxylic acids is 1. The maximum absolute atomic E-state index is 12.6. The Morgan fingerprint density at radius 1 is 0.966 bits per heavy atom. The number of hydrogen-bond donors (Lipinski definition) is 1. The zero-order chi connectivity index (χ0) is 20.4. The molecule has 4 aromatic rings. The molecule has 0 aliphatic rings. The quantitative estimate of drug-likeness (QED) is 0.539. The molecule has 0 bridgehead atoms. The summed E-state index contributed by atoms with van der Waals surface area (Å²) in [5.74, 6) is 0.930. The summed E-state index contributed by atoms with van der Waals surface area (Å²) in [6.45, 7) is 0.384. The van der Waals surface area contributed by atoms with Gasteiger partial charge in [-0.25, -0.2) is 0 Å². The Hall–Kier alpha value is -3.74. The van der Waals surface area contributed by atoms with Crippen LogP contribution in [-0.2, 0) is 6.42 Å². The van der Waals surface area contributed by atoms with Gasteiger partial charge >= 0.3 is 5.78 Å². The van der Waals surface area contributed by atoms with Crippen molar-refractivity contribution in [2.45, 2.75) is 6.42 Å². The molecule has 148 valence electrons. The number of carbonyl (C=O) groups is 1. The summed E-state index contributed by atoms with van der Waals surface area (Å²) < 4.78 is 21.6. The number of furan rings is 1. The van der Waals surface area contributed by atoms with Gasteiger partial charge in [-0.15, -0.1) is 0 Å². The molecule has 2 aromatic heterocycles. The van der Waals surface area contributed by atoms with Gasteiger partial charge in [0.2, 0.25) is 5.43 Å². The van der Waals surface area contributed by atoms with E-state index in [0.717, 1.165) is 5.56 Å². The van der Waals surface area contributed by atoms with E-state index in [1.807, 2.05) is 18.2 Å². The number of methoxy groups -OCH3 is 2. The molecule has 7 heteroatoms. The number of amides is 1. The highest BCUT2D eigenvalue weighted by Gasteiger charge is 2.17. The highest BCUT2D eigenvalue weighted by molar-refractivity contribution is 5.97. The Labute approximate surface area is 165 Å². The van der Waals surface area contributed by atoms with E-state index in [2.05, 4.69) is 5.32 Å². The molecule has 0 saturated carbocycles. The molecule has 2 heterocycles. The van der Waals surface area contributed by atoms with Crippen molar-refractivity contribution in [1.29, 1.82) is 0 Å². The summed E-state index contributed by atoms with van der Waals surface area (Å²) in [6.07, 6.45) is 0.591. The molecule has 0 aliphatic heterocycles. The van der Waals surface area contributed by atoms with Gasteiger partial charge in [-0.2, -0.15) is 0 Å². The third-order valence-corrected chi connectivity index (χ3v) is 4.65. The number of nitrogens with one attached hydrogen (secondary N) is 1. The Balaban J connectivity index is 1.49. The third-order valence-electron chi connectivity index (χ3n) is 4.65. The molecule has 0 unspecified atom stereocenters. The second-order valence-corrected chi connectivity index (χ2v) is 6.43. The minimum Gasteiger partial charge on any atom is -0.493 e. The van der Waals surface area contributed by atoms with Gasteiger partial charge < -0.3 is 23.6 Å². The average Bonchev–Trinajstić information content (AvgIpc) is 3.18. The van der Waals surface area contributed by atoms with Gasteiger partial charge in [0.1, 0.15) is 11.0 Å². The van der Waals surface area contributed by atoms with Crippen LogP contribution in [0.3, 0.4) is 0 Å². The second-order valence-electron chi connectivity index (χ2n) is 6.43. The minimum atomic E-state index is -0.416. The van der Waals surface area contributed by atoms with E-state index in [0.29, 0.717) is 35.4 Å². The van der Waals surface area contributed by atoms with Crippen molar-refractivity contribution in [3.8, 4) is 11.5 Å². The van der Waals surface area contributed by atoms with E-state index < -0.39 is 5.91 Å². The number of benzene rings is 2. The Bertz CT molecular complexity index is 1250. The summed E-state index contributed by atoms with van der Waals surface area (Å²) in [4.78, 5) is 25.0. The van der Waals surface area contributed by atoms with Gasteiger partial charge in [0.25, 0.3) is 5.91 Å². The van der Waals surface area contributed by atoms with Gasteiger partial charge in [-0.3, -0.25) is 9.59 Å². The molecule has 0 aliphatic carbocycles. The largest absolute Gasteiger partial charge is 0.493 e. The molecule has 1 N–H and O–H groups in total. The maximum Gasteiger partial charge on any atom is 0.302 e. The first-order valence-electron chi connectivity index (χ1n) is 9.05. The summed E-state index contributed by atoms with van der Waals surface area (Å²) in [5, 5.41) is 3.48. The number of fused-ring (bicyclic) bond motifs is 2. The predicted octanol–water partition coefficient (Wildman–Crippen LogP) is 3.53. The maximum atomic E-state index is 12.6. The molecule has 0 spiro atoms. The van der Waals surface area contributed by atoms with Gasteiger partial charge in [0.15, 0.2) is 17.3 Å². The molecular formula is C22H19NO6. The van der Waals surface area contributed by atoms with E-state index in [-0.39, 0.29) is 22.4 Å². The second kappa shape index (κ2) is 7.71. The average molecular weight is 393 g/mol. The topological polar surface area (TPSA) is 90.9 Å². The van der Waals surface area contributed by atoms with E-state index in [1.54, 1.807) is 38.5 Å². The fraction of sp³-hybridized carbons (Fsp3) is 0.182. The van der Waals surface area contributed by atoms with Crippen molar-refractivity contribution >= 4 is 28.0 Å². The fourth-order valence-corrected chi connectivity index (χ4v) is 3.15. The van der Waals surface area contributed by atoms with Crippen molar-refractivity contribution in [3.05, 3.63) is 70.1 Å². The van der Waals surface area contributed by atoms with Crippen molar-refractivity contribution in [2.75, 3.05) is 20.8 Å². The summed E-state index contributed by atoms with van der Waals surface area (Å²) in [7, 11) is 3.15. The van der Waals surface area contributed by atoms with Crippen molar-refractivity contribution in [1.82, 2.24) is 5.32 Å². The van der Waals surface area contributed by atoms with Crippen LogP contribution in [0.15, 0.2) is 62.2 Å². The Kier molecular flexibility index (Phi) is 4.95. The number of para-hydroxylation sites is 1. The highest BCUT2D eigenvalue weighted by atomic mass is 16.5. The van der Waals surface area contributed by atoms with Crippen molar-refractivity contribution < 1.29 is 23.1 Å². The van der Waals surface area contributed by atoms with Gasteiger partial charge in [0.05, 0.1) is 19.6 Å². The summed E-state index contributed by atoms with van der Waals surface area (Å²) in [5.41, 5.74) is 1.17. The molecule has 0 saturated heterocycles. The zero-order valence-corrected chi connectivity index (χ0v) is 16.0. The molecule has 4 rings (SSSR count). The van der Waals surface area contributed by atoms with Crippen LogP contribution >= 0.6 is 0 Å². The predicted molar refractivity (Wildman–Crippen MR) is 108 cm³/mol. The van der Waals surface area contributed by atoms with E-state index in [9.17, 15) is 9.59 Å². The fourth-order valence-electron chi connectivity index (χ4n) is 3.15. The molecule has 0 radical (unpaired) electrons.